The summed E-state index contributed by atoms with van der Waals surface area (Å²) in [5.41, 5.74) is 3.31. The lowest BCUT2D eigenvalue weighted by atomic mass is 10.0. The average molecular weight is 909 g/mol. The van der Waals surface area contributed by atoms with Crippen LogP contribution in [0, 0.1) is 11.8 Å². The van der Waals surface area contributed by atoms with Gasteiger partial charge in [-0.1, -0.05) is 149 Å². The summed E-state index contributed by atoms with van der Waals surface area (Å²) < 4.78 is 10.8. The van der Waals surface area contributed by atoms with Gasteiger partial charge in [0.05, 0.1) is 13.1 Å². The van der Waals surface area contributed by atoms with E-state index in [2.05, 4.69) is 21.3 Å². The molecular weight excluding hydrogens is 845 g/mol. The molecule has 4 aromatic carbocycles. The Kier molecular flexibility index (Phi) is 21.6. The Hall–Kier alpha value is -6.78. The van der Waals surface area contributed by atoms with E-state index < -0.39 is 73.2 Å². The number of benzene rings is 4. The molecule has 4 amide bonds. The summed E-state index contributed by atoms with van der Waals surface area (Å²) in [6.45, 7) is 6.60. The number of alkyl carbamates (subject to hydrolysis) is 2. The number of carbonyl (C=O) groups is 6. The molecule has 0 bridgehead atoms. The highest BCUT2D eigenvalue weighted by Gasteiger charge is 2.30. The first-order valence-corrected chi connectivity index (χ1v) is 22.2. The number of carboxylic acids is 2. The summed E-state index contributed by atoms with van der Waals surface area (Å²) in [7, 11) is 0. The van der Waals surface area contributed by atoms with Gasteiger partial charge in [0, 0.05) is 38.3 Å². The van der Waals surface area contributed by atoms with Crippen molar-refractivity contribution >= 4 is 35.9 Å². The molecule has 0 aliphatic carbocycles. The van der Waals surface area contributed by atoms with Crippen LogP contribution in [0.25, 0.3) is 0 Å². The van der Waals surface area contributed by atoms with Crippen LogP contribution in [0.1, 0.15) is 49.9 Å². The van der Waals surface area contributed by atoms with E-state index in [1.165, 1.54) is 0 Å². The van der Waals surface area contributed by atoms with Crippen LogP contribution in [0.5, 0.6) is 0 Å². The lowest BCUT2D eigenvalue weighted by molar-refractivity contribution is -0.140. The van der Waals surface area contributed by atoms with Crippen molar-refractivity contribution in [2.24, 2.45) is 11.8 Å². The van der Waals surface area contributed by atoms with E-state index in [0.29, 0.717) is 12.8 Å². The number of hydrogen-bond acceptors (Lipinski definition) is 10. The predicted molar refractivity (Wildman–Crippen MR) is 249 cm³/mol. The van der Waals surface area contributed by atoms with Gasteiger partial charge in [0.25, 0.3) is 0 Å². The maximum atomic E-state index is 13.9. The smallest absolute Gasteiger partial charge is 0.408 e. The van der Waals surface area contributed by atoms with Gasteiger partial charge in [-0.15, -0.1) is 0 Å². The van der Waals surface area contributed by atoms with E-state index >= 15 is 0 Å². The lowest BCUT2D eigenvalue weighted by Gasteiger charge is -2.32. The topological polar surface area (TPSA) is 216 Å². The number of hydrogen-bond donors (Lipinski definition) is 6. The maximum absolute atomic E-state index is 13.9. The van der Waals surface area contributed by atoms with Crippen molar-refractivity contribution in [2.75, 3.05) is 39.3 Å². The van der Waals surface area contributed by atoms with Crippen molar-refractivity contribution in [1.29, 1.82) is 0 Å². The fourth-order valence-electron chi connectivity index (χ4n) is 7.31. The summed E-state index contributed by atoms with van der Waals surface area (Å²) >= 11 is 0. The van der Waals surface area contributed by atoms with Gasteiger partial charge < -0.3 is 41.0 Å². The lowest BCUT2D eigenvalue weighted by Crippen LogP contribution is -2.56. The molecule has 0 fully saturated rings. The molecule has 66 heavy (non-hydrogen) atoms. The van der Waals surface area contributed by atoms with Crippen molar-refractivity contribution < 1.29 is 48.5 Å². The van der Waals surface area contributed by atoms with Crippen molar-refractivity contribution in [3.8, 4) is 0 Å². The molecule has 0 aliphatic rings. The Labute approximate surface area is 387 Å². The minimum atomic E-state index is -1.13. The molecule has 0 saturated carbocycles. The zero-order chi connectivity index (χ0) is 47.8. The Morgan fingerprint density at radius 3 is 1.06 bits per heavy atom. The number of carboxylic acid groups (broad SMARTS) is 2. The number of amides is 4. The van der Waals surface area contributed by atoms with Crippen LogP contribution in [0.2, 0.25) is 0 Å². The molecule has 16 heteroatoms. The summed E-state index contributed by atoms with van der Waals surface area (Å²) in [5.74, 6) is -3.90. The molecule has 16 nitrogen and oxygen atoms in total. The first-order valence-electron chi connectivity index (χ1n) is 22.2. The molecule has 0 unspecified atom stereocenters. The van der Waals surface area contributed by atoms with Gasteiger partial charge >= 0.3 is 24.1 Å². The number of ether oxygens (including phenoxy) is 2. The minimum absolute atomic E-state index is 0.0137. The third-order valence-electron chi connectivity index (χ3n) is 10.6. The summed E-state index contributed by atoms with van der Waals surface area (Å²) in [4.78, 5) is 81.5. The molecule has 0 radical (unpaired) electrons. The van der Waals surface area contributed by atoms with Crippen LogP contribution in [0.3, 0.4) is 0 Å². The monoisotopic (exact) mass is 908 g/mol. The quantitative estimate of drug-likeness (QED) is 0.0460. The second kappa shape index (κ2) is 27.5. The number of aliphatic carboxylic acids is 2. The fourth-order valence-corrected chi connectivity index (χ4v) is 7.31. The summed E-state index contributed by atoms with van der Waals surface area (Å²) in [6, 6.07) is 33.7. The van der Waals surface area contributed by atoms with Crippen LogP contribution in [-0.4, -0.2) is 119 Å². The molecular formula is C50H64N6O10. The van der Waals surface area contributed by atoms with Gasteiger partial charge in [0.1, 0.15) is 25.3 Å². The van der Waals surface area contributed by atoms with E-state index in [1.54, 1.807) is 37.5 Å². The van der Waals surface area contributed by atoms with E-state index in [4.69, 9.17) is 9.47 Å². The highest BCUT2D eigenvalue weighted by Crippen LogP contribution is 2.12. The Bertz CT molecular complexity index is 1960. The van der Waals surface area contributed by atoms with Crippen LogP contribution in [-0.2, 0) is 54.7 Å². The second-order valence-corrected chi connectivity index (χ2v) is 16.9. The first-order chi connectivity index (χ1) is 31.6. The van der Waals surface area contributed by atoms with Gasteiger partial charge in [-0.3, -0.25) is 29.0 Å². The molecule has 0 aliphatic heterocycles. The van der Waals surface area contributed by atoms with Gasteiger partial charge in [-0.25, -0.2) is 9.59 Å². The fraction of sp³-hybridized carbons (Fsp3) is 0.400. The summed E-state index contributed by atoms with van der Waals surface area (Å²) in [6.07, 6.45) is -0.892. The zero-order valence-electron chi connectivity index (χ0n) is 38.1. The van der Waals surface area contributed by atoms with Gasteiger partial charge in [-0.05, 0) is 46.9 Å². The van der Waals surface area contributed by atoms with Crippen LogP contribution >= 0.6 is 0 Å². The molecule has 0 heterocycles. The Balaban J connectivity index is 1.50. The molecule has 354 valence electrons. The molecule has 0 saturated heterocycles. The van der Waals surface area contributed by atoms with Crippen molar-refractivity contribution in [2.45, 2.75) is 77.9 Å². The van der Waals surface area contributed by atoms with Crippen molar-refractivity contribution in [3.63, 3.8) is 0 Å². The van der Waals surface area contributed by atoms with E-state index in [0.717, 1.165) is 22.3 Å². The predicted octanol–water partition coefficient (Wildman–Crippen LogP) is 5.12. The highest BCUT2D eigenvalue weighted by atomic mass is 16.6. The standard InChI is InChI=1S/C50H64N6O10/c1-35(2)45(53-49(63)65-33-39-21-13-7-14-22-39)47(61)51-41(27-37-17-9-5-10-18-37)29-55(31-43(57)58)25-26-56(32-44(59)60)30-42(28-38-19-11-6-12-20-38)52-48(62)46(36(3)4)54-50(64)66-34-40-23-15-8-16-24-40/h5-24,35-36,41-42,45-46H,25-34H2,1-4H3,(H,51,61)(H,52,62)(H,53,63)(H,54,64)(H,57,58)(H,59,60)/t41-,42-,45-,46+/m0/s1. The molecule has 4 rings (SSSR count). The Morgan fingerprint density at radius 1 is 0.470 bits per heavy atom. The van der Waals surface area contributed by atoms with Gasteiger partial charge in [-0.2, -0.15) is 0 Å². The average Bonchev–Trinajstić information content (AvgIpc) is 3.28. The van der Waals surface area contributed by atoms with E-state index in [1.807, 2.05) is 121 Å². The highest BCUT2D eigenvalue weighted by molar-refractivity contribution is 5.87. The largest absolute Gasteiger partial charge is 0.480 e. The number of carbonyl (C=O) groups excluding carboxylic acids is 4. The van der Waals surface area contributed by atoms with Crippen LogP contribution in [0.4, 0.5) is 9.59 Å². The van der Waals surface area contributed by atoms with Crippen molar-refractivity contribution in [1.82, 2.24) is 31.1 Å². The van der Waals surface area contributed by atoms with Crippen LogP contribution in [0.15, 0.2) is 121 Å². The molecule has 6 N–H and O–H groups in total. The first kappa shape index (κ1) is 51.9. The molecule has 0 aromatic heterocycles. The van der Waals surface area contributed by atoms with Crippen LogP contribution < -0.4 is 21.3 Å². The maximum Gasteiger partial charge on any atom is 0.408 e. The Morgan fingerprint density at radius 2 is 0.773 bits per heavy atom. The van der Waals surface area contributed by atoms with Crippen molar-refractivity contribution in [3.05, 3.63) is 144 Å². The van der Waals surface area contributed by atoms with E-state index in [-0.39, 0.29) is 51.2 Å². The third kappa shape index (κ3) is 19.5. The molecule has 0 spiro atoms. The minimum Gasteiger partial charge on any atom is -0.480 e. The van der Waals surface area contributed by atoms with Gasteiger partial charge in [0.2, 0.25) is 11.8 Å². The second-order valence-electron chi connectivity index (χ2n) is 16.9. The van der Waals surface area contributed by atoms with Gasteiger partial charge in [0.15, 0.2) is 0 Å². The number of nitrogens with one attached hydrogen (secondary N) is 4. The SMILES string of the molecule is CC(C)[C@H](NC(=O)OCc1ccccc1)C(=O)N[C@@H](Cc1ccccc1)CN(CCN(CC(=O)O)C[C@H](Cc1ccccc1)NC(=O)[C@H](NC(=O)OCc1ccccc1)C(C)C)CC(=O)O. The third-order valence-corrected chi connectivity index (χ3v) is 10.6. The normalized spacial score (nSPS) is 13.0. The molecule has 4 atom stereocenters. The number of rotatable bonds is 27. The number of nitrogens with zero attached hydrogens (tertiary/aromatic N) is 2. The van der Waals surface area contributed by atoms with E-state index in [9.17, 15) is 39.0 Å². The molecule has 4 aromatic rings. The zero-order valence-corrected chi connectivity index (χ0v) is 38.1. The summed E-state index contributed by atoms with van der Waals surface area (Å²) in [5, 5.41) is 31.5.